The average Bonchev–Trinajstić information content (AvgIpc) is 2.45. The second kappa shape index (κ2) is 3.24. The molecule has 0 saturated heterocycles. The van der Waals surface area contributed by atoms with Crippen LogP contribution in [0.1, 0.15) is 12.5 Å². The predicted octanol–water partition coefficient (Wildman–Crippen LogP) is 1.53. The van der Waals surface area contributed by atoms with Crippen molar-refractivity contribution < 1.29 is 4.39 Å². The monoisotopic (exact) mass is 194 g/mol. The predicted molar refractivity (Wildman–Crippen MR) is 55.9 cm³/mol. The minimum atomic E-state index is -0.145. The third-order valence-electron chi connectivity index (χ3n) is 2.96. The molecule has 0 spiro atoms. The number of nitrogens with zero attached hydrogens (tertiary/aromatic N) is 1. The standard InChI is InChI=1S/C11H15FN2/c1-7(13)10-6-8-4-3-5-9(12)11(8)14(10)2/h3-5,7,10H,6,13H2,1-2H3. The molecule has 0 aromatic heterocycles. The van der Waals surface area contributed by atoms with E-state index in [0.717, 1.165) is 17.7 Å². The number of likely N-dealkylation sites (N-methyl/N-ethyl adjacent to an activating group) is 1. The van der Waals surface area contributed by atoms with Crippen LogP contribution in [0.3, 0.4) is 0 Å². The van der Waals surface area contributed by atoms with Crippen molar-refractivity contribution in [1.82, 2.24) is 0 Å². The van der Waals surface area contributed by atoms with E-state index in [-0.39, 0.29) is 17.9 Å². The molecule has 1 aliphatic heterocycles. The highest BCUT2D eigenvalue weighted by Crippen LogP contribution is 2.33. The first kappa shape index (κ1) is 9.46. The molecule has 1 heterocycles. The third-order valence-corrected chi connectivity index (χ3v) is 2.96. The van der Waals surface area contributed by atoms with E-state index in [1.807, 2.05) is 24.9 Å². The summed E-state index contributed by atoms with van der Waals surface area (Å²) in [6, 6.07) is 5.51. The van der Waals surface area contributed by atoms with Crippen LogP contribution in [0.2, 0.25) is 0 Å². The Labute approximate surface area is 83.5 Å². The molecule has 14 heavy (non-hydrogen) atoms. The van der Waals surface area contributed by atoms with Gasteiger partial charge in [-0.1, -0.05) is 12.1 Å². The molecule has 2 N–H and O–H groups in total. The van der Waals surface area contributed by atoms with Crippen molar-refractivity contribution in [2.45, 2.75) is 25.4 Å². The Morgan fingerprint density at radius 3 is 2.86 bits per heavy atom. The van der Waals surface area contributed by atoms with Crippen LogP contribution in [0.25, 0.3) is 0 Å². The van der Waals surface area contributed by atoms with Gasteiger partial charge in [-0.05, 0) is 25.0 Å². The second-order valence-electron chi connectivity index (χ2n) is 3.99. The van der Waals surface area contributed by atoms with E-state index in [2.05, 4.69) is 0 Å². The van der Waals surface area contributed by atoms with Crippen molar-refractivity contribution in [2.75, 3.05) is 11.9 Å². The lowest BCUT2D eigenvalue weighted by Gasteiger charge is -2.25. The van der Waals surface area contributed by atoms with E-state index in [4.69, 9.17) is 5.73 Å². The van der Waals surface area contributed by atoms with Crippen LogP contribution in [0.4, 0.5) is 10.1 Å². The maximum Gasteiger partial charge on any atom is 0.146 e. The van der Waals surface area contributed by atoms with E-state index in [1.165, 1.54) is 6.07 Å². The zero-order valence-electron chi connectivity index (χ0n) is 8.50. The van der Waals surface area contributed by atoms with Crippen molar-refractivity contribution in [3.05, 3.63) is 29.6 Å². The summed E-state index contributed by atoms with van der Waals surface area (Å²) in [6.45, 7) is 1.96. The molecule has 3 heteroatoms. The fourth-order valence-corrected chi connectivity index (χ4v) is 2.19. The highest BCUT2D eigenvalue weighted by Gasteiger charge is 2.30. The smallest absolute Gasteiger partial charge is 0.146 e. The van der Waals surface area contributed by atoms with Gasteiger partial charge in [0, 0.05) is 19.1 Å². The molecule has 2 nitrogen and oxygen atoms in total. The summed E-state index contributed by atoms with van der Waals surface area (Å²) >= 11 is 0. The highest BCUT2D eigenvalue weighted by molar-refractivity contribution is 5.60. The van der Waals surface area contributed by atoms with Gasteiger partial charge in [-0.15, -0.1) is 0 Å². The van der Waals surface area contributed by atoms with E-state index in [9.17, 15) is 4.39 Å². The molecule has 0 aliphatic carbocycles. The fourth-order valence-electron chi connectivity index (χ4n) is 2.19. The molecular weight excluding hydrogens is 179 g/mol. The van der Waals surface area contributed by atoms with Gasteiger partial charge in [-0.25, -0.2) is 4.39 Å². The Balaban J connectivity index is 2.41. The normalized spacial score (nSPS) is 22.3. The van der Waals surface area contributed by atoms with Crippen LogP contribution in [-0.4, -0.2) is 19.1 Å². The molecule has 0 amide bonds. The molecule has 2 rings (SSSR count). The number of hydrogen-bond acceptors (Lipinski definition) is 2. The lowest BCUT2D eigenvalue weighted by Crippen LogP contribution is -2.42. The van der Waals surface area contributed by atoms with E-state index < -0.39 is 0 Å². The quantitative estimate of drug-likeness (QED) is 0.734. The summed E-state index contributed by atoms with van der Waals surface area (Å²) in [5, 5.41) is 0. The van der Waals surface area contributed by atoms with E-state index >= 15 is 0 Å². The first-order valence-electron chi connectivity index (χ1n) is 4.87. The zero-order chi connectivity index (χ0) is 10.3. The van der Waals surface area contributed by atoms with Gasteiger partial charge in [0.1, 0.15) is 5.82 Å². The van der Waals surface area contributed by atoms with Gasteiger partial charge in [0.05, 0.1) is 5.69 Å². The van der Waals surface area contributed by atoms with Crippen molar-refractivity contribution >= 4 is 5.69 Å². The van der Waals surface area contributed by atoms with Gasteiger partial charge in [0.25, 0.3) is 0 Å². The van der Waals surface area contributed by atoms with Crippen LogP contribution in [-0.2, 0) is 6.42 Å². The summed E-state index contributed by atoms with van der Waals surface area (Å²) in [5.41, 5.74) is 7.64. The number of hydrogen-bond donors (Lipinski definition) is 1. The summed E-state index contributed by atoms with van der Waals surface area (Å²) in [7, 11) is 1.91. The number of anilines is 1. The summed E-state index contributed by atoms with van der Waals surface area (Å²) in [4.78, 5) is 1.95. The Morgan fingerprint density at radius 2 is 2.29 bits per heavy atom. The fraction of sp³-hybridized carbons (Fsp3) is 0.455. The van der Waals surface area contributed by atoms with Gasteiger partial charge in [-0.2, -0.15) is 0 Å². The molecule has 2 atom stereocenters. The summed E-state index contributed by atoms with van der Waals surface area (Å²) < 4.78 is 13.5. The topological polar surface area (TPSA) is 29.3 Å². The molecule has 76 valence electrons. The Morgan fingerprint density at radius 1 is 1.57 bits per heavy atom. The first-order valence-corrected chi connectivity index (χ1v) is 4.87. The van der Waals surface area contributed by atoms with Gasteiger partial charge in [-0.3, -0.25) is 0 Å². The lowest BCUT2D eigenvalue weighted by molar-refractivity contribution is 0.550. The lowest BCUT2D eigenvalue weighted by atomic mass is 10.1. The SMILES string of the molecule is CC(N)C1Cc2cccc(F)c2N1C. The molecule has 1 aromatic rings. The minimum Gasteiger partial charge on any atom is -0.367 e. The zero-order valence-corrected chi connectivity index (χ0v) is 8.50. The van der Waals surface area contributed by atoms with Crippen molar-refractivity contribution in [2.24, 2.45) is 5.73 Å². The molecule has 0 fully saturated rings. The summed E-state index contributed by atoms with van der Waals surface area (Å²) in [6.07, 6.45) is 0.848. The van der Waals surface area contributed by atoms with E-state index in [0.29, 0.717) is 0 Å². The van der Waals surface area contributed by atoms with Gasteiger partial charge >= 0.3 is 0 Å². The molecular formula is C11H15FN2. The number of nitrogens with two attached hydrogens (primary N) is 1. The number of halogens is 1. The first-order chi connectivity index (χ1) is 6.61. The minimum absolute atomic E-state index is 0.0619. The maximum atomic E-state index is 13.5. The molecule has 2 unspecified atom stereocenters. The van der Waals surface area contributed by atoms with Crippen LogP contribution >= 0.6 is 0 Å². The van der Waals surface area contributed by atoms with Gasteiger partial charge < -0.3 is 10.6 Å². The van der Waals surface area contributed by atoms with Gasteiger partial charge in [0.2, 0.25) is 0 Å². The van der Waals surface area contributed by atoms with E-state index in [1.54, 1.807) is 6.07 Å². The van der Waals surface area contributed by atoms with Crippen LogP contribution in [0.15, 0.2) is 18.2 Å². The van der Waals surface area contributed by atoms with Crippen LogP contribution < -0.4 is 10.6 Å². The Bertz CT molecular complexity index is 349. The number of fused-ring (bicyclic) bond motifs is 1. The maximum absolute atomic E-state index is 13.5. The van der Waals surface area contributed by atoms with Crippen molar-refractivity contribution in [3.8, 4) is 0 Å². The third kappa shape index (κ3) is 1.28. The van der Waals surface area contributed by atoms with Crippen LogP contribution in [0, 0.1) is 5.82 Å². The van der Waals surface area contributed by atoms with Crippen molar-refractivity contribution in [1.29, 1.82) is 0 Å². The average molecular weight is 194 g/mol. The molecule has 0 saturated carbocycles. The van der Waals surface area contributed by atoms with Gasteiger partial charge in [0.15, 0.2) is 0 Å². The molecule has 0 bridgehead atoms. The second-order valence-corrected chi connectivity index (χ2v) is 3.99. The summed E-state index contributed by atoms with van der Waals surface area (Å²) in [5.74, 6) is -0.145. The molecule has 0 radical (unpaired) electrons. The number of para-hydroxylation sites is 1. The van der Waals surface area contributed by atoms with Crippen LogP contribution in [0.5, 0.6) is 0 Å². The molecule has 1 aromatic carbocycles. The van der Waals surface area contributed by atoms with Crippen molar-refractivity contribution in [3.63, 3.8) is 0 Å². The highest BCUT2D eigenvalue weighted by atomic mass is 19.1. The molecule has 1 aliphatic rings. The Kier molecular flexibility index (Phi) is 2.19. The number of benzene rings is 1. The number of rotatable bonds is 1. The Hall–Kier alpha value is -1.09. The largest absolute Gasteiger partial charge is 0.367 e.